The van der Waals surface area contributed by atoms with Gasteiger partial charge in [-0.2, -0.15) is 0 Å². The molecule has 3 heteroatoms. The van der Waals surface area contributed by atoms with Gasteiger partial charge in [-0.15, -0.1) is 12.4 Å². The average Bonchev–Trinajstić information content (AvgIpc) is 2.50. The average molecular weight is 346 g/mol. The van der Waals surface area contributed by atoms with E-state index in [0.29, 0.717) is 12.5 Å². The molecule has 0 spiro atoms. The topological polar surface area (TPSA) is 20.3 Å². The highest BCUT2D eigenvalue weighted by atomic mass is 35.5. The van der Waals surface area contributed by atoms with E-state index in [1.54, 1.807) is 0 Å². The first-order chi connectivity index (χ1) is 10.6. The van der Waals surface area contributed by atoms with Crippen LogP contribution in [0.15, 0.2) is 12.7 Å². The number of carbonyl (C=O) groups is 1. The first kappa shape index (κ1) is 24.9. The number of allylic oxidation sites excluding steroid dienone is 1. The lowest BCUT2D eigenvalue weighted by Gasteiger charge is -2.24. The number of rotatable bonds is 16. The monoisotopic (exact) mass is 345 g/mol. The van der Waals surface area contributed by atoms with Gasteiger partial charge in [-0.3, -0.25) is 4.79 Å². The van der Waals surface area contributed by atoms with Gasteiger partial charge in [-0.1, -0.05) is 71.3 Å². The van der Waals surface area contributed by atoms with Crippen molar-refractivity contribution in [2.75, 3.05) is 14.1 Å². The van der Waals surface area contributed by atoms with E-state index in [1.165, 1.54) is 70.3 Å². The van der Waals surface area contributed by atoms with Crippen molar-refractivity contribution in [3.8, 4) is 0 Å². The molecule has 0 saturated heterocycles. The highest BCUT2D eigenvalue weighted by Gasteiger charge is 2.11. The molecule has 0 radical (unpaired) electrons. The van der Waals surface area contributed by atoms with E-state index < -0.39 is 0 Å². The van der Waals surface area contributed by atoms with E-state index in [2.05, 4.69) is 32.5 Å². The molecule has 138 valence electrons. The lowest BCUT2D eigenvalue weighted by molar-refractivity contribution is -0.114. The summed E-state index contributed by atoms with van der Waals surface area (Å²) in [7, 11) is 4.32. The van der Waals surface area contributed by atoms with Crippen LogP contribution in [-0.4, -0.2) is 30.8 Å². The van der Waals surface area contributed by atoms with Gasteiger partial charge in [0.2, 0.25) is 0 Å². The predicted molar refractivity (Wildman–Crippen MR) is 106 cm³/mol. The maximum Gasteiger partial charge on any atom is 0.155 e. The fourth-order valence-corrected chi connectivity index (χ4v) is 2.97. The van der Waals surface area contributed by atoms with E-state index in [4.69, 9.17) is 0 Å². The zero-order valence-electron chi connectivity index (χ0n) is 15.8. The van der Waals surface area contributed by atoms with E-state index >= 15 is 0 Å². The third kappa shape index (κ3) is 16.3. The smallest absolute Gasteiger partial charge is 0.155 e. The predicted octanol–water partition coefficient (Wildman–Crippen LogP) is 6.18. The van der Waals surface area contributed by atoms with Crippen molar-refractivity contribution in [2.45, 2.75) is 96.4 Å². The van der Waals surface area contributed by atoms with Crippen LogP contribution >= 0.6 is 12.4 Å². The Morgan fingerprint density at radius 1 is 0.913 bits per heavy atom. The molecule has 0 heterocycles. The van der Waals surface area contributed by atoms with Crippen LogP contribution in [0.2, 0.25) is 0 Å². The van der Waals surface area contributed by atoms with Crippen molar-refractivity contribution in [1.82, 2.24) is 4.90 Å². The van der Waals surface area contributed by atoms with E-state index in [-0.39, 0.29) is 18.2 Å². The molecule has 1 unspecified atom stereocenters. The summed E-state index contributed by atoms with van der Waals surface area (Å²) in [4.78, 5) is 13.6. The van der Waals surface area contributed by atoms with Gasteiger partial charge in [0.1, 0.15) is 0 Å². The first-order valence-electron chi connectivity index (χ1n) is 9.43. The number of unbranched alkanes of at least 4 members (excludes halogenated alkanes) is 8. The maximum atomic E-state index is 11.3. The highest BCUT2D eigenvalue weighted by molar-refractivity contribution is 5.88. The second-order valence-corrected chi connectivity index (χ2v) is 6.80. The summed E-state index contributed by atoms with van der Waals surface area (Å²) < 4.78 is 0. The van der Waals surface area contributed by atoms with Gasteiger partial charge in [0.05, 0.1) is 0 Å². The van der Waals surface area contributed by atoms with E-state index in [0.717, 1.165) is 12.8 Å². The molecular formula is C20H40ClNO. The molecule has 0 rings (SSSR count). The Morgan fingerprint density at radius 2 is 1.39 bits per heavy atom. The Labute approximate surface area is 151 Å². The minimum absolute atomic E-state index is 0. The number of hydrogen-bond acceptors (Lipinski definition) is 2. The third-order valence-electron chi connectivity index (χ3n) is 4.56. The quantitative estimate of drug-likeness (QED) is 0.246. The molecule has 23 heavy (non-hydrogen) atoms. The summed E-state index contributed by atoms with van der Waals surface area (Å²) in [5, 5.41) is 0. The molecule has 0 aliphatic heterocycles. The molecule has 0 aromatic carbocycles. The Bertz CT molecular complexity index is 279. The lowest BCUT2D eigenvalue weighted by Crippen LogP contribution is -2.27. The number of carbonyl (C=O) groups excluding carboxylic acids is 1. The van der Waals surface area contributed by atoms with Crippen molar-refractivity contribution in [2.24, 2.45) is 0 Å². The fraction of sp³-hybridized carbons (Fsp3) is 0.850. The molecule has 0 saturated carbocycles. The lowest BCUT2D eigenvalue weighted by atomic mass is 9.99. The zero-order chi connectivity index (χ0) is 16.6. The van der Waals surface area contributed by atoms with Crippen molar-refractivity contribution in [3.05, 3.63) is 12.7 Å². The minimum Gasteiger partial charge on any atom is -0.306 e. The molecule has 0 aromatic heterocycles. The van der Waals surface area contributed by atoms with Gasteiger partial charge in [0.25, 0.3) is 0 Å². The first-order valence-corrected chi connectivity index (χ1v) is 9.43. The van der Waals surface area contributed by atoms with Gasteiger partial charge in [0, 0.05) is 12.5 Å². The Kier molecular flexibility index (Phi) is 19.5. The summed E-state index contributed by atoms with van der Waals surface area (Å²) in [5.41, 5.74) is 0. The molecule has 0 fully saturated rings. The molecular weight excluding hydrogens is 306 g/mol. The number of nitrogens with zero attached hydrogens (tertiary/aromatic N) is 1. The Hall–Kier alpha value is -0.340. The van der Waals surface area contributed by atoms with Gasteiger partial charge >= 0.3 is 0 Å². The maximum absolute atomic E-state index is 11.3. The summed E-state index contributed by atoms with van der Waals surface area (Å²) in [6.45, 7) is 5.81. The van der Waals surface area contributed by atoms with Crippen molar-refractivity contribution in [1.29, 1.82) is 0 Å². The van der Waals surface area contributed by atoms with Crippen LogP contribution in [0.5, 0.6) is 0 Å². The van der Waals surface area contributed by atoms with Crippen LogP contribution in [0.25, 0.3) is 0 Å². The second-order valence-electron chi connectivity index (χ2n) is 6.80. The number of hydrogen-bond donors (Lipinski definition) is 0. The molecule has 0 aromatic rings. The Balaban J connectivity index is 0. The molecule has 1 atom stereocenters. The molecule has 0 aliphatic carbocycles. The van der Waals surface area contributed by atoms with Crippen LogP contribution < -0.4 is 0 Å². The largest absolute Gasteiger partial charge is 0.306 e. The molecule has 0 bridgehead atoms. The zero-order valence-corrected chi connectivity index (χ0v) is 16.6. The summed E-state index contributed by atoms with van der Waals surface area (Å²) in [6, 6.07) is 0.627. The summed E-state index contributed by atoms with van der Waals surface area (Å²) >= 11 is 0. The highest BCUT2D eigenvalue weighted by Crippen LogP contribution is 2.16. The molecule has 2 nitrogen and oxygen atoms in total. The van der Waals surface area contributed by atoms with E-state index in [9.17, 15) is 4.79 Å². The van der Waals surface area contributed by atoms with Crippen LogP contribution in [0.3, 0.4) is 0 Å². The van der Waals surface area contributed by atoms with Gasteiger partial charge in [0.15, 0.2) is 5.78 Å². The fourth-order valence-electron chi connectivity index (χ4n) is 2.97. The van der Waals surface area contributed by atoms with Gasteiger partial charge < -0.3 is 4.90 Å². The summed E-state index contributed by atoms with van der Waals surface area (Å²) in [5.74, 6) is 0.181. The molecule has 0 amide bonds. The Morgan fingerprint density at radius 3 is 1.87 bits per heavy atom. The van der Waals surface area contributed by atoms with Crippen molar-refractivity contribution in [3.63, 3.8) is 0 Å². The SMILES string of the molecule is C=CC(=O)CCCC(CCCCCCCCCCC)N(C)C.Cl. The van der Waals surface area contributed by atoms with E-state index in [1.807, 2.05) is 0 Å². The van der Waals surface area contributed by atoms with Crippen LogP contribution in [0, 0.1) is 0 Å². The summed E-state index contributed by atoms with van der Waals surface area (Å²) in [6.07, 6.45) is 18.0. The normalized spacial score (nSPS) is 12.0. The number of halogens is 1. The number of ketones is 1. The van der Waals surface area contributed by atoms with Gasteiger partial charge in [-0.05, 0) is 39.4 Å². The third-order valence-corrected chi connectivity index (χ3v) is 4.56. The minimum atomic E-state index is 0. The van der Waals surface area contributed by atoms with Crippen LogP contribution in [-0.2, 0) is 4.79 Å². The molecule has 0 N–H and O–H groups in total. The van der Waals surface area contributed by atoms with Crippen LogP contribution in [0.4, 0.5) is 0 Å². The van der Waals surface area contributed by atoms with Gasteiger partial charge in [-0.25, -0.2) is 0 Å². The second kappa shape index (κ2) is 18.0. The van der Waals surface area contributed by atoms with Crippen molar-refractivity contribution >= 4 is 18.2 Å². The standard InChI is InChI=1S/C20H39NO.ClH/c1-5-7-8-9-10-11-12-13-14-16-19(21(3)4)17-15-18-20(22)6-2;/h6,19H,2,5,7-18H2,1,3-4H3;1H. The molecule has 0 aliphatic rings. The van der Waals surface area contributed by atoms with Crippen molar-refractivity contribution < 1.29 is 4.79 Å². The van der Waals surface area contributed by atoms with Crippen LogP contribution in [0.1, 0.15) is 90.4 Å².